The van der Waals surface area contributed by atoms with Crippen LogP contribution in [0.4, 0.5) is 4.79 Å². The highest BCUT2D eigenvalue weighted by molar-refractivity contribution is 5.96. The highest BCUT2D eigenvalue weighted by Gasteiger charge is 2.37. The van der Waals surface area contributed by atoms with Gasteiger partial charge in [-0.2, -0.15) is 0 Å². The second-order valence-corrected chi connectivity index (χ2v) is 2.57. The van der Waals surface area contributed by atoms with E-state index in [4.69, 9.17) is 10.8 Å². The van der Waals surface area contributed by atoms with Crippen molar-refractivity contribution in [3.8, 4) is 0 Å². The Bertz CT molecular complexity index is 226. The Labute approximate surface area is 67.9 Å². The fourth-order valence-electron chi connectivity index (χ4n) is 1.15. The number of carboxylic acid groups (broad SMARTS) is 1. The SMILES string of the molecule is NC(=O)[C@H]1CC(=O)CN1C(=O)O. The third kappa shape index (κ3) is 1.36. The summed E-state index contributed by atoms with van der Waals surface area (Å²) >= 11 is 0. The lowest BCUT2D eigenvalue weighted by molar-refractivity contribution is -0.122. The molecule has 1 aliphatic heterocycles. The van der Waals surface area contributed by atoms with E-state index in [2.05, 4.69) is 0 Å². The summed E-state index contributed by atoms with van der Waals surface area (Å²) in [5.74, 6) is -1.05. The maximum absolute atomic E-state index is 10.8. The summed E-state index contributed by atoms with van der Waals surface area (Å²) in [5, 5.41) is 8.52. The van der Waals surface area contributed by atoms with E-state index in [9.17, 15) is 14.4 Å². The Balaban J connectivity index is 2.79. The Morgan fingerprint density at radius 1 is 1.58 bits per heavy atom. The first kappa shape index (κ1) is 8.51. The number of ketones is 1. The minimum absolute atomic E-state index is 0.0956. The van der Waals surface area contributed by atoms with Crippen LogP contribution in [0.5, 0.6) is 0 Å². The first-order valence-electron chi connectivity index (χ1n) is 3.33. The van der Waals surface area contributed by atoms with E-state index in [1.54, 1.807) is 0 Å². The fraction of sp³-hybridized carbons (Fsp3) is 0.500. The van der Waals surface area contributed by atoms with Crippen LogP contribution in [0.15, 0.2) is 0 Å². The Morgan fingerprint density at radius 2 is 2.17 bits per heavy atom. The monoisotopic (exact) mass is 172 g/mol. The molecule has 0 spiro atoms. The molecule has 1 fully saturated rings. The molecule has 1 saturated heterocycles. The predicted octanol–water partition coefficient (Wildman–Crippen LogP) is -1.21. The molecule has 0 saturated carbocycles. The molecule has 1 atom stereocenters. The summed E-state index contributed by atoms with van der Waals surface area (Å²) in [6, 6.07) is -0.977. The second-order valence-electron chi connectivity index (χ2n) is 2.57. The summed E-state index contributed by atoms with van der Waals surface area (Å²) in [4.78, 5) is 32.6. The molecular formula is C6H8N2O4. The van der Waals surface area contributed by atoms with E-state index < -0.39 is 18.0 Å². The van der Waals surface area contributed by atoms with E-state index in [-0.39, 0.29) is 18.7 Å². The third-order valence-electron chi connectivity index (χ3n) is 1.72. The summed E-state index contributed by atoms with van der Waals surface area (Å²) in [7, 11) is 0. The van der Waals surface area contributed by atoms with Crippen LogP contribution in [0.2, 0.25) is 0 Å². The van der Waals surface area contributed by atoms with Crippen LogP contribution in [0.25, 0.3) is 0 Å². The van der Waals surface area contributed by atoms with Gasteiger partial charge in [-0.3, -0.25) is 14.5 Å². The average molecular weight is 172 g/mol. The molecule has 66 valence electrons. The Kier molecular flexibility index (Phi) is 1.99. The van der Waals surface area contributed by atoms with Crippen molar-refractivity contribution in [2.45, 2.75) is 12.5 Å². The number of rotatable bonds is 1. The highest BCUT2D eigenvalue weighted by atomic mass is 16.4. The molecule has 6 nitrogen and oxygen atoms in total. The quantitative estimate of drug-likeness (QED) is 0.518. The maximum atomic E-state index is 10.8. The molecule has 12 heavy (non-hydrogen) atoms. The van der Waals surface area contributed by atoms with Crippen LogP contribution < -0.4 is 5.73 Å². The number of primary amides is 1. The Hall–Kier alpha value is -1.59. The van der Waals surface area contributed by atoms with Crippen LogP contribution in [0, 0.1) is 0 Å². The van der Waals surface area contributed by atoms with Gasteiger partial charge in [0.25, 0.3) is 0 Å². The first-order valence-corrected chi connectivity index (χ1v) is 3.33. The highest BCUT2D eigenvalue weighted by Crippen LogP contribution is 2.13. The summed E-state index contributed by atoms with van der Waals surface area (Å²) in [5.41, 5.74) is 4.89. The van der Waals surface area contributed by atoms with E-state index >= 15 is 0 Å². The first-order chi connectivity index (χ1) is 5.52. The predicted molar refractivity (Wildman–Crippen MR) is 37.3 cm³/mol. The number of nitrogens with zero attached hydrogens (tertiary/aromatic N) is 1. The third-order valence-corrected chi connectivity index (χ3v) is 1.72. The number of hydrogen-bond acceptors (Lipinski definition) is 3. The number of amides is 2. The molecule has 0 radical (unpaired) electrons. The fourth-order valence-corrected chi connectivity index (χ4v) is 1.15. The maximum Gasteiger partial charge on any atom is 0.408 e. The number of likely N-dealkylation sites (tertiary alicyclic amines) is 1. The van der Waals surface area contributed by atoms with Crippen LogP contribution >= 0.6 is 0 Å². The minimum Gasteiger partial charge on any atom is -0.465 e. The molecule has 0 aromatic heterocycles. The van der Waals surface area contributed by atoms with Crippen LogP contribution in [-0.4, -0.2) is 40.4 Å². The zero-order valence-corrected chi connectivity index (χ0v) is 6.19. The number of nitrogens with two attached hydrogens (primary N) is 1. The lowest BCUT2D eigenvalue weighted by atomic mass is 10.2. The lowest BCUT2D eigenvalue weighted by Crippen LogP contribution is -2.42. The van der Waals surface area contributed by atoms with Crippen LogP contribution in [0.3, 0.4) is 0 Å². The molecule has 0 aromatic carbocycles. The van der Waals surface area contributed by atoms with E-state index in [0.29, 0.717) is 0 Å². The molecule has 1 heterocycles. The molecular weight excluding hydrogens is 164 g/mol. The topological polar surface area (TPSA) is 101 Å². The van der Waals surface area contributed by atoms with Gasteiger partial charge < -0.3 is 10.8 Å². The van der Waals surface area contributed by atoms with Gasteiger partial charge in [0, 0.05) is 6.42 Å². The van der Waals surface area contributed by atoms with Crippen molar-refractivity contribution in [1.82, 2.24) is 4.90 Å². The zero-order chi connectivity index (χ0) is 9.30. The van der Waals surface area contributed by atoms with Crippen molar-refractivity contribution in [3.05, 3.63) is 0 Å². The van der Waals surface area contributed by atoms with E-state index in [1.165, 1.54) is 0 Å². The standard InChI is InChI=1S/C6H8N2O4/c7-5(10)4-1-3(9)2-8(4)6(11)12/h4H,1-2H2,(H2,7,10)(H,11,12)/t4-/m1/s1. The molecule has 0 unspecified atom stereocenters. The van der Waals surface area contributed by atoms with Gasteiger partial charge in [-0.05, 0) is 0 Å². The summed E-state index contributed by atoms with van der Waals surface area (Å²) in [6.45, 7) is -0.233. The van der Waals surface area contributed by atoms with Crippen molar-refractivity contribution >= 4 is 17.8 Å². The number of Topliss-reactive ketones (excluding diaryl/α,β-unsaturated/α-hetero) is 1. The molecule has 2 amide bonds. The van der Waals surface area contributed by atoms with Gasteiger partial charge in [-0.1, -0.05) is 0 Å². The van der Waals surface area contributed by atoms with Gasteiger partial charge in [-0.25, -0.2) is 4.79 Å². The minimum atomic E-state index is -1.29. The molecule has 0 aliphatic carbocycles. The number of carbonyl (C=O) groups is 3. The second kappa shape index (κ2) is 2.80. The van der Waals surface area contributed by atoms with Gasteiger partial charge in [0.2, 0.25) is 5.91 Å². The summed E-state index contributed by atoms with van der Waals surface area (Å²) in [6.07, 6.45) is -1.38. The van der Waals surface area contributed by atoms with Crippen molar-refractivity contribution < 1.29 is 19.5 Å². The summed E-state index contributed by atoms with van der Waals surface area (Å²) < 4.78 is 0. The van der Waals surface area contributed by atoms with Gasteiger partial charge in [0.15, 0.2) is 5.78 Å². The Morgan fingerprint density at radius 3 is 2.50 bits per heavy atom. The molecule has 1 aliphatic rings. The molecule has 3 N–H and O–H groups in total. The van der Waals surface area contributed by atoms with E-state index in [0.717, 1.165) is 4.90 Å². The van der Waals surface area contributed by atoms with E-state index in [1.807, 2.05) is 0 Å². The van der Waals surface area contributed by atoms with Crippen LogP contribution in [0.1, 0.15) is 6.42 Å². The smallest absolute Gasteiger partial charge is 0.408 e. The average Bonchev–Trinajstić information content (AvgIpc) is 2.31. The number of hydrogen-bond donors (Lipinski definition) is 2. The van der Waals surface area contributed by atoms with Gasteiger partial charge in [-0.15, -0.1) is 0 Å². The van der Waals surface area contributed by atoms with Crippen molar-refractivity contribution in [2.75, 3.05) is 6.54 Å². The lowest BCUT2D eigenvalue weighted by Gasteiger charge is -2.16. The molecule has 6 heteroatoms. The normalized spacial score (nSPS) is 22.8. The van der Waals surface area contributed by atoms with Gasteiger partial charge in [0.1, 0.15) is 6.04 Å². The van der Waals surface area contributed by atoms with Gasteiger partial charge in [0.05, 0.1) is 6.54 Å². The molecule has 1 rings (SSSR count). The molecule has 0 aromatic rings. The largest absolute Gasteiger partial charge is 0.465 e. The van der Waals surface area contributed by atoms with Gasteiger partial charge >= 0.3 is 6.09 Å². The number of carbonyl (C=O) groups excluding carboxylic acids is 2. The van der Waals surface area contributed by atoms with Crippen molar-refractivity contribution in [1.29, 1.82) is 0 Å². The van der Waals surface area contributed by atoms with Crippen LogP contribution in [-0.2, 0) is 9.59 Å². The van der Waals surface area contributed by atoms with Crippen molar-refractivity contribution in [2.24, 2.45) is 5.73 Å². The molecule has 0 bridgehead atoms. The van der Waals surface area contributed by atoms with Crippen molar-refractivity contribution in [3.63, 3.8) is 0 Å². The zero-order valence-electron chi connectivity index (χ0n) is 6.19.